The van der Waals surface area contributed by atoms with Gasteiger partial charge in [-0.15, -0.1) is 11.3 Å². The second kappa shape index (κ2) is 5.93. The maximum absolute atomic E-state index is 12.9. The van der Waals surface area contributed by atoms with Crippen molar-refractivity contribution in [2.24, 2.45) is 5.41 Å². The number of carbonyl (C=O) groups excluding carboxylic acids is 1. The van der Waals surface area contributed by atoms with Crippen molar-refractivity contribution in [2.75, 3.05) is 26.2 Å². The highest BCUT2D eigenvalue weighted by molar-refractivity contribution is 7.11. The summed E-state index contributed by atoms with van der Waals surface area (Å²) in [6, 6.07) is 0. The Morgan fingerprint density at radius 3 is 2.73 bits per heavy atom. The number of piperidine rings is 1. The maximum Gasteiger partial charge on any atom is 0.265 e. The van der Waals surface area contributed by atoms with Crippen LogP contribution in [0.25, 0.3) is 0 Å². The van der Waals surface area contributed by atoms with Crippen LogP contribution >= 0.6 is 11.3 Å². The minimum absolute atomic E-state index is 0.241. The van der Waals surface area contributed by atoms with Gasteiger partial charge in [-0.3, -0.25) is 4.79 Å². The molecule has 2 aliphatic heterocycles. The molecular formula is C17H25N3OS. The van der Waals surface area contributed by atoms with Crippen LogP contribution in [-0.4, -0.2) is 42.0 Å². The third-order valence-corrected chi connectivity index (χ3v) is 6.80. The molecule has 3 fully saturated rings. The lowest BCUT2D eigenvalue weighted by atomic mass is 9.78. The fourth-order valence-corrected chi connectivity index (χ4v) is 5.30. The van der Waals surface area contributed by atoms with Gasteiger partial charge in [-0.25, -0.2) is 4.98 Å². The van der Waals surface area contributed by atoms with Crippen molar-refractivity contribution in [1.82, 2.24) is 15.2 Å². The van der Waals surface area contributed by atoms with E-state index in [9.17, 15) is 4.79 Å². The van der Waals surface area contributed by atoms with Crippen molar-refractivity contribution < 1.29 is 4.79 Å². The summed E-state index contributed by atoms with van der Waals surface area (Å²) in [5.74, 6) is 0.769. The molecule has 0 unspecified atom stereocenters. The zero-order valence-electron chi connectivity index (χ0n) is 13.1. The molecule has 1 aromatic rings. The first-order valence-corrected chi connectivity index (χ1v) is 9.59. The van der Waals surface area contributed by atoms with E-state index in [1.165, 1.54) is 32.1 Å². The van der Waals surface area contributed by atoms with E-state index in [-0.39, 0.29) is 5.91 Å². The largest absolute Gasteiger partial charge is 0.338 e. The van der Waals surface area contributed by atoms with Crippen molar-refractivity contribution in [3.05, 3.63) is 16.1 Å². The van der Waals surface area contributed by atoms with E-state index in [0.717, 1.165) is 49.6 Å². The van der Waals surface area contributed by atoms with E-state index >= 15 is 0 Å². The quantitative estimate of drug-likeness (QED) is 0.911. The second-order valence-electron chi connectivity index (χ2n) is 7.27. The van der Waals surface area contributed by atoms with Crippen LogP contribution in [0.15, 0.2) is 5.51 Å². The van der Waals surface area contributed by atoms with E-state index in [4.69, 9.17) is 0 Å². The molecule has 1 spiro atoms. The number of aromatic nitrogens is 1. The first-order valence-electron chi connectivity index (χ1n) is 8.71. The van der Waals surface area contributed by atoms with Crippen molar-refractivity contribution >= 4 is 17.2 Å². The van der Waals surface area contributed by atoms with Crippen LogP contribution in [0.5, 0.6) is 0 Å². The minimum atomic E-state index is 0.241. The Balaban J connectivity index is 1.45. The summed E-state index contributed by atoms with van der Waals surface area (Å²) in [5.41, 5.74) is 3.43. The topological polar surface area (TPSA) is 45.2 Å². The molecule has 0 aromatic carbocycles. The van der Waals surface area contributed by atoms with Gasteiger partial charge in [0.25, 0.3) is 5.91 Å². The summed E-state index contributed by atoms with van der Waals surface area (Å²) in [5, 5.41) is 3.49. The zero-order chi connectivity index (χ0) is 15.0. The van der Waals surface area contributed by atoms with Gasteiger partial charge in [0.2, 0.25) is 0 Å². The summed E-state index contributed by atoms with van der Waals surface area (Å²) < 4.78 is 0. The molecule has 1 amide bonds. The van der Waals surface area contributed by atoms with Gasteiger partial charge < -0.3 is 10.2 Å². The first kappa shape index (κ1) is 14.6. The number of hydrogen-bond donors (Lipinski definition) is 1. The third-order valence-electron chi connectivity index (χ3n) is 5.97. The van der Waals surface area contributed by atoms with Crippen molar-refractivity contribution in [2.45, 2.75) is 50.9 Å². The SMILES string of the molecule is O=C(c1scnc1C1CCCC1)N1CCC2(CCNC2)CC1. The van der Waals surface area contributed by atoms with E-state index < -0.39 is 0 Å². The molecule has 0 bridgehead atoms. The van der Waals surface area contributed by atoms with Crippen LogP contribution in [0, 0.1) is 5.41 Å². The third kappa shape index (κ3) is 2.58. The number of nitrogens with one attached hydrogen (secondary N) is 1. The molecule has 1 N–H and O–H groups in total. The molecule has 1 aromatic heterocycles. The molecule has 0 atom stereocenters. The van der Waals surface area contributed by atoms with Crippen LogP contribution in [0.4, 0.5) is 0 Å². The Morgan fingerprint density at radius 1 is 1.27 bits per heavy atom. The molecule has 4 nitrogen and oxygen atoms in total. The number of thiazole rings is 1. The second-order valence-corrected chi connectivity index (χ2v) is 8.12. The number of hydrogen-bond acceptors (Lipinski definition) is 4. The fourth-order valence-electron chi connectivity index (χ4n) is 4.45. The lowest BCUT2D eigenvalue weighted by molar-refractivity contribution is 0.0610. The van der Waals surface area contributed by atoms with Gasteiger partial charge in [-0.2, -0.15) is 0 Å². The van der Waals surface area contributed by atoms with Gasteiger partial charge in [0.05, 0.1) is 11.2 Å². The first-order chi connectivity index (χ1) is 10.8. The molecule has 120 valence electrons. The zero-order valence-corrected chi connectivity index (χ0v) is 14.0. The van der Waals surface area contributed by atoms with E-state index in [2.05, 4.69) is 15.2 Å². The van der Waals surface area contributed by atoms with Crippen LogP contribution in [0.3, 0.4) is 0 Å². The van der Waals surface area contributed by atoms with Gasteiger partial charge in [0, 0.05) is 25.6 Å². The van der Waals surface area contributed by atoms with Gasteiger partial charge in [-0.1, -0.05) is 12.8 Å². The molecule has 4 rings (SSSR count). The van der Waals surface area contributed by atoms with Gasteiger partial charge in [0.15, 0.2) is 0 Å². The van der Waals surface area contributed by atoms with E-state index in [1.54, 1.807) is 11.3 Å². The molecule has 1 aliphatic carbocycles. The van der Waals surface area contributed by atoms with Gasteiger partial charge >= 0.3 is 0 Å². The van der Waals surface area contributed by atoms with Crippen molar-refractivity contribution in [1.29, 1.82) is 0 Å². The predicted molar refractivity (Wildman–Crippen MR) is 88.4 cm³/mol. The molecule has 5 heteroatoms. The van der Waals surface area contributed by atoms with Gasteiger partial charge in [0.1, 0.15) is 4.88 Å². The molecule has 2 saturated heterocycles. The average molecular weight is 319 g/mol. The minimum Gasteiger partial charge on any atom is -0.338 e. The predicted octanol–water partition coefficient (Wildman–Crippen LogP) is 3.02. The number of rotatable bonds is 2. The molecule has 3 heterocycles. The van der Waals surface area contributed by atoms with Crippen LogP contribution in [-0.2, 0) is 0 Å². The molecule has 3 aliphatic rings. The average Bonchev–Trinajstić information content (AvgIpc) is 3.28. The standard InChI is InChI=1S/C17H25N3OS/c21-16(15-14(19-12-22-15)13-3-1-2-4-13)20-9-6-17(7-10-20)5-8-18-11-17/h12-13,18H,1-11H2. The highest BCUT2D eigenvalue weighted by atomic mass is 32.1. The highest BCUT2D eigenvalue weighted by Gasteiger charge is 2.39. The summed E-state index contributed by atoms with van der Waals surface area (Å²) >= 11 is 1.55. The molecule has 0 radical (unpaired) electrons. The van der Waals surface area contributed by atoms with Crippen molar-refractivity contribution in [3.8, 4) is 0 Å². The molecular weight excluding hydrogens is 294 g/mol. The Bertz CT molecular complexity index is 534. The maximum atomic E-state index is 12.9. The number of nitrogens with zero attached hydrogens (tertiary/aromatic N) is 2. The van der Waals surface area contributed by atoms with Crippen molar-refractivity contribution in [3.63, 3.8) is 0 Å². The summed E-state index contributed by atoms with van der Waals surface area (Å²) in [4.78, 5) is 20.5. The van der Waals surface area contributed by atoms with Gasteiger partial charge in [-0.05, 0) is 44.1 Å². The summed E-state index contributed by atoms with van der Waals surface area (Å²) in [7, 11) is 0. The normalized spacial score (nSPS) is 25.2. The monoisotopic (exact) mass is 319 g/mol. The Kier molecular flexibility index (Phi) is 3.95. The Labute approximate surface area is 136 Å². The van der Waals surface area contributed by atoms with Crippen LogP contribution in [0.1, 0.15) is 66.2 Å². The van der Waals surface area contributed by atoms with Crippen LogP contribution in [0.2, 0.25) is 0 Å². The van der Waals surface area contributed by atoms with Crippen LogP contribution < -0.4 is 5.32 Å². The smallest absolute Gasteiger partial charge is 0.265 e. The summed E-state index contributed by atoms with van der Waals surface area (Å²) in [6.07, 6.45) is 8.58. The number of carbonyl (C=O) groups is 1. The molecule has 22 heavy (non-hydrogen) atoms. The Morgan fingerprint density at radius 2 is 2.05 bits per heavy atom. The molecule has 1 saturated carbocycles. The van der Waals surface area contributed by atoms with E-state index in [1.807, 2.05) is 5.51 Å². The lowest BCUT2D eigenvalue weighted by Gasteiger charge is -2.38. The number of amides is 1. The number of likely N-dealkylation sites (tertiary alicyclic amines) is 1. The van der Waals surface area contributed by atoms with E-state index in [0.29, 0.717) is 11.3 Å². The Hall–Kier alpha value is -0.940. The fraction of sp³-hybridized carbons (Fsp3) is 0.765. The lowest BCUT2D eigenvalue weighted by Crippen LogP contribution is -2.44. The summed E-state index contributed by atoms with van der Waals surface area (Å²) in [6.45, 7) is 4.13. The highest BCUT2D eigenvalue weighted by Crippen LogP contribution is 2.39.